The summed E-state index contributed by atoms with van der Waals surface area (Å²) in [6, 6.07) is 122. The highest BCUT2D eigenvalue weighted by Gasteiger charge is 2.47. The molecule has 0 aromatic heterocycles. The highest BCUT2D eigenvalue weighted by Crippen LogP contribution is 2.50. The van der Waals surface area contributed by atoms with Gasteiger partial charge in [-0.3, -0.25) is 0 Å². The molecule has 0 atom stereocenters. The summed E-state index contributed by atoms with van der Waals surface area (Å²) in [5, 5.41) is 4.07. The standard InChI is InChI=1S/C78H56B2N6/c1-10-30-56(31-11-1)79-68-54-69-73(55-72(68)85(63-44-24-8-25-45-63)74-51-65(50-70(77(74)79)81-57-32-12-2-13-33-57)82(58-34-14-3-15-35-58)59-36-16-4-17-37-59)86(64-46-26-9-27-47-64)76-53-66(83(60-38-18-5-19-39-60)61-40-20-6-21-41-61)52-75-78(76)80(69)67-48-28-29-49-71(67)84(75)62-42-22-7-23-43-62/h1-55,81H. The van der Waals surface area contributed by atoms with Crippen LogP contribution in [0.25, 0.3) is 0 Å². The van der Waals surface area contributed by atoms with Gasteiger partial charge in [0, 0.05) is 85.3 Å². The van der Waals surface area contributed by atoms with Gasteiger partial charge >= 0.3 is 0 Å². The van der Waals surface area contributed by atoms with Crippen LogP contribution in [0.4, 0.5) is 96.7 Å². The van der Waals surface area contributed by atoms with Crippen molar-refractivity contribution in [1.82, 2.24) is 0 Å². The fraction of sp³-hybridized carbons (Fsp3) is 0. The van der Waals surface area contributed by atoms with Gasteiger partial charge in [-0.05, 0) is 161 Å². The number of hydrogen-bond donors (Lipinski definition) is 1. The molecular weight excluding hydrogens is 1040 g/mol. The van der Waals surface area contributed by atoms with Crippen LogP contribution in [-0.2, 0) is 0 Å². The van der Waals surface area contributed by atoms with E-state index in [4.69, 9.17) is 0 Å². The molecule has 0 fully saturated rings. The number of benzene rings is 13. The Hall–Kier alpha value is -11.2. The van der Waals surface area contributed by atoms with E-state index in [-0.39, 0.29) is 13.4 Å². The Morgan fingerprint density at radius 3 is 1.05 bits per heavy atom. The lowest BCUT2D eigenvalue weighted by Crippen LogP contribution is -2.64. The Morgan fingerprint density at radius 1 is 0.244 bits per heavy atom. The average molecular weight is 1100 g/mol. The first-order chi connectivity index (χ1) is 42.7. The molecule has 0 unspecified atom stereocenters. The van der Waals surface area contributed by atoms with E-state index < -0.39 is 0 Å². The van der Waals surface area contributed by atoms with E-state index >= 15 is 0 Å². The van der Waals surface area contributed by atoms with Gasteiger partial charge in [0.1, 0.15) is 0 Å². The van der Waals surface area contributed by atoms with E-state index in [0.29, 0.717) is 0 Å². The number of rotatable bonds is 12. The molecule has 0 saturated heterocycles. The predicted molar refractivity (Wildman–Crippen MR) is 365 cm³/mol. The van der Waals surface area contributed by atoms with Gasteiger partial charge in [0.25, 0.3) is 6.71 Å². The third-order valence-corrected chi connectivity index (χ3v) is 17.1. The van der Waals surface area contributed by atoms with E-state index in [0.717, 1.165) is 96.7 Å². The minimum absolute atomic E-state index is 0.162. The number of fused-ring (bicyclic) bond motifs is 6. The molecule has 3 aliphatic heterocycles. The van der Waals surface area contributed by atoms with Crippen molar-refractivity contribution in [3.63, 3.8) is 0 Å². The largest absolute Gasteiger partial charge is 0.356 e. The normalized spacial score (nSPS) is 12.5. The SMILES string of the molecule is c1ccc(Nc2cc(N(c3ccccc3)c3ccccc3)cc3c2B(c2ccccc2)c2cc4c(cc2N3c2ccccc2)N(c2ccccc2)c2cc(N(c3ccccc3)c3ccccc3)cc3c2B4c2ccccc2N3c2ccccc2)cc1. The quantitative estimate of drug-likeness (QED) is 0.123. The van der Waals surface area contributed by atoms with Crippen LogP contribution in [-0.4, -0.2) is 13.4 Å². The zero-order valence-corrected chi connectivity index (χ0v) is 47.1. The van der Waals surface area contributed by atoms with Crippen LogP contribution in [0.1, 0.15) is 0 Å². The Labute approximate surface area is 503 Å². The van der Waals surface area contributed by atoms with E-state index in [2.05, 4.69) is 363 Å². The van der Waals surface area contributed by atoms with Gasteiger partial charge in [-0.15, -0.1) is 0 Å². The van der Waals surface area contributed by atoms with Crippen LogP contribution >= 0.6 is 0 Å². The van der Waals surface area contributed by atoms with Gasteiger partial charge in [0.05, 0.1) is 11.4 Å². The second kappa shape index (κ2) is 21.5. The molecule has 0 amide bonds. The summed E-state index contributed by atoms with van der Waals surface area (Å²) in [6.07, 6.45) is 0. The summed E-state index contributed by atoms with van der Waals surface area (Å²) in [5.74, 6) is 0. The maximum atomic E-state index is 4.07. The maximum Gasteiger partial charge on any atom is 0.252 e. The van der Waals surface area contributed by atoms with Crippen molar-refractivity contribution in [2.24, 2.45) is 0 Å². The fourth-order valence-electron chi connectivity index (χ4n) is 13.6. The summed E-state index contributed by atoms with van der Waals surface area (Å²) in [7, 11) is 0. The zero-order valence-electron chi connectivity index (χ0n) is 47.1. The lowest BCUT2D eigenvalue weighted by Gasteiger charge is -2.46. The van der Waals surface area contributed by atoms with Gasteiger partial charge < -0.3 is 29.8 Å². The molecule has 0 bridgehead atoms. The summed E-state index contributed by atoms with van der Waals surface area (Å²) < 4.78 is 0. The summed E-state index contributed by atoms with van der Waals surface area (Å²) >= 11 is 0. The molecular formula is C78H56B2N6. The Balaban J connectivity index is 1.03. The van der Waals surface area contributed by atoms with Gasteiger partial charge in [-0.25, -0.2) is 0 Å². The van der Waals surface area contributed by atoms with Crippen molar-refractivity contribution < 1.29 is 0 Å². The summed E-state index contributed by atoms with van der Waals surface area (Å²) in [6.45, 7) is -0.378. The first-order valence-electron chi connectivity index (χ1n) is 29.6. The summed E-state index contributed by atoms with van der Waals surface area (Å²) in [4.78, 5) is 12.4. The molecule has 0 saturated carbocycles. The zero-order chi connectivity index (χ0) is 56.9. The molecule has 6 nitrogen and oxygen atoms in total. The number of hydrogen-bond acceptors (Lipinski definition) is 6. The lowest BCUT2D eigenvalue weighted by molar-refractivity contribution is 1.22. The molecule has 8 heteroatoms. The number of nitrogens with zero attached hydrogens (tertiary/aromatic N) is 5. The molecule has 86 heavy (non-hydrogen) atoms. The van der Waals surface area contributed by atoms with Crippen LogP contribution in [0.2, 0.25) is 0 Å². The highest BCUT2D eigenvalue weighted by atomic mass is 15.2. The van der Waals surface area contributed by atoms with E-state index in [1.54, 1.807) is 0 Å². The van der Waals surface area contributed by atoms with Crippen molar-refractivity contribution in [1.29, 1.82) is 0 Å². The van der Waals surface area contributed by atoms with E-state index in [9.17, 15) is 0 Å². The Kier molecular flexibility index (Phi) is 12.6. The smallest absolute Gasteiger partial charge is 0.252 e. The minimum Gasteiger partial charge on any atom is -0.356 e. The summed E-state index contributed by atoms with van der Waals surface area (Å²) in [5.41, 5.74) is 25.7. The molecule has 0 spiro atoms. The molecule has 0 aliphatic carbocycles. The van der Waals surface area contributed by atoms with Crippen LogP contribution in [0.3, 0.4) is 0 Å². The third kappa shape index (κ3) is 8.69. The first-order valence-corrected chi connectivity index (χ1v) is 29.6. The molecule has 0 radical (unpaired) electrons. The maximum absolute atomic E-state index is 4.07. The second-order valence-corrected chi connectivity index (χ2v) is 22.1. The van der Waals surface area contributed by atoms with Crippen molar-refractivity contribution in [2.75, 3.05) is 29.8 Å². The van der Waals surface area contributed by atoms with Gasteiger partial charge in [0.2, 0.25) is 6.71 Å². The van der Waals surface area contributed by atoms with Crippen LogP contribution in [0, 0.1) is 0 Å². The number of nitrogens with one attached hydrogen (secondary N) is 1. The highest BCUT2D eigenvalue weighted by molar-refractivity contribution is 7.02. The fourth-order valence-corrected chi connectivity index (χ4v) is 13.6. The molecule has 3 aliphatic rings. The monoisotopic (exact) mass is 1100 g/mol. The van der Waals surface area contributed by atoms with Gasteiger partial charge in [-0.1, -0.05) is 206 Å². The molecule has 404 valence electrons. The van der Waals surface area contributed by atoms with Crippen LogP contribution in [0.15, 0.2) is 334 Å². The van der Waals surface area contributed by atoms with Crippen molar-refractivity contribution >= 4 is 143 Å². The van der Waals surface area contributed by atoms with Crippen molar-refractivity contribution in [3.8, 4) is 0 Å². The van der Waals surface area contributed by atoms with Crippen LogP contribution < -0.4 is 62.6 Å². The number of para-hydroxylation sites is 9. The second-order valence-electron chi connectivity index (χ2n) is 22.1. The Bertz CT molecular complexity index is 4400. The lowest BCUT2D eigenvalue weighted by atomic mass is 9.30. The topological polar surface area (TPSA) is 28.2 Å². The number of anilines is 17. The predicted octanol–water partition coefficient (Wildman–Crippen LogP) is 16.8. The average Bonchev–Trinajstić information content (AvgIpc) is 1.04. The molecule has 3 heterocycles. The molecule has 16 rings (SSSR count). The van der Waals surface area contributed by atoms with E-state index in [1.165, 1.54) is 32.8 Å². The molecule has 1 N–H and O–H groups in total. The van der Waals surface area contributed by atoms with Crippen molar-refractivity contribution in [3.05, 3.63) is 334 Å². The van der Waals surface area contributed by atoms with E-state index in [1.807, 2.05) is 0 Å². The molecule has 13 aromatic carbocycles. The minimum atomic E-state index is -0.216. The van der Waals surface area contributed by atoms with Gasteiger partial charge in [0.15, 0.2) is 0 Å². The van der Waals surface area contributed by atoms with Gasteiger partial charge in [-0.2, -0.15) is 0 Å². The van der Waals surface area contributed by atoms with Crippen molar-refractivity contribution in [2.45, 2.75) is 0 Å². The Morgan fingerprint density at radius 2 is 0.593 bits per heavy atom. The molecule has 13 aromatic rings. The third-order valence-electron chi connectivity index (χ3n) is 17.1. The van der Waals surface area contributed by atoms with Crippen LogP contribution in [0.5, 0.6) is 0 Å². The first kappa shape index (κ1) is 50.5.